The van der Waals surface area contributed by atoms with E-state index in [1.807, 2.05) is 24.3 Å². The fraction of sp³-hybridized carbons (Fsp3) is 0.222. The summed E-state index contributed by atoms with van der Waals surface area (Å²) >= 11 is 12.6. The normalized spacial score (nSPS) is 19.0. The van der Waals surface area contributed by atoms with Gasteiger partial charge >= 0.3 is 5.97 Å². The molecule has 1 heterocycles. The average Bonchev–Trinajstić information content (AvgIpc) is 2.62. The van der Waals surface area contributed by atoms with E-state index >= 15 is 0 Å². The SMILES string of the molecule is NCc1ccc([C@@H]2C[C@@H](C(=O)O)N(NC=O)c3cc(Cl)cc(Cl)c32)cc1. The quantitative estimate of drug-likeness (QED) is 0.678. The summed E-state index contributed by atoms with van der Waals surface area (Å²) in [6, 6.07) is 9.92. The number of fused-ring (bicyclic) bond motifs is 1. The molecule has 0 aromatic heterocycles. The third-order valence-corrected chi connectivity index (χ3v) is 5.08. The van der Waals surface area contributed by atoms with E-state index < -0.39 is 12.0 Å². The van der Waals surface area contributed by atoms with Crippen LogP contribution in [0.4, 0.5) is 5.69 Å². The molecule has 0 fully saturated rings. The molecule has 0 spiro atoms. The van der Waals surface area contributed by atoms with Crippen molar-refractivity contribution in [1.29, 1.82) is 0 Å². The number of carboxylic acids is 1. The molecule has 1 aliphatic rings. The number of carbonyl (C=O) groups is 2. The third kappa shape index (κ3) is 3.35. The van der Waals surface area contributed by atoms with Crippen LogP contribution < -0.4 is 16.2 Å². The third-order valence-electron chi connectivity index (χ3n) is 4.55. The Morgan fingerprint density at radius 2 is 2.00 bits per heavy atom. The molecule has 0 saturated heterocycles. The zero-order chi connectivity index (χ0) is 18.8. The number of nitrogens with zero attached hydrogens (tertiary/aromatic N) is 1. The monoisotopic (exact) mass is 393 g/mol. The summed E-state index contributed by atoms with van der Waals surface area (Å²) in [6.07, 6.45) is 0.678. The molecule has 0 saturated carbocycles. The largest absolute Gasteiger partial charge is 0.480 e. The summed E-state index contributed by atoms with van der Waals surface area (Å²) in [7, 11) is 0. The Bertz CT molecular complexity index is 842. The predicted molar refractivity (Wildman–Crippen MR) is 100 cm³/mol. The molecule has 0 unspecified atom stereocenters. The number of halogens is 2. The number of nitrogens with one attached hydrogen (secondary N) is 1. The molecule has 136 valence electrons. The van der Waals surface area contributed by atoms with Gasteiger partial charge in [-0.05, 0) is 29.7 Å². The maximum Gasteiger partial charge on any atom is 0.328 e. The van der Waals surface area contributed by atoms with E-state index in [2.05, 4.69) is 5.43 Å². The standard InChI is InChI=1S/C18H17Cl2N3O3/c19-12-5-14(20)17-13(11-3-1-10(8-21)2-4-11)7-16(18(25)26)23(22-9-24)15(17)6-12/h1-6,9,13,16H,7-8,21H2,(H,22,24)(H,25,26)/t13-,16-/m0/s1. The first-order valence-electron chi connectivity index (χ1n) is 7.96. The van der Waals surface area contributed by atoms with E-state index in [9.17, 15) is 14.7 Å². The van der Waals surface area contributed by atoms with Crippen molar-refractivity contribution in [3.63, 3.8) is 0 Å². The number of nitrogens with two attached hydrogens (primary N) is 1. The Morgan fingerprint density at radius 1 is 1.31 bits per heavy atom. The Labute approximate surface area is 160 Å². The molecule has 0 aliphatic carbocycles. The second-order valence-corrected chi connectivity index (χ2v) is 6.87. The molecule has 8 heteroatoms. The molecule has 1 aliphatic heterocycles. The van der Waals surface area contributed by atoms with Crippen molar-refractivity contribution < 1.29 is 14.7 Å². The fourth-order valence-electron chi connectivity index (χ4n) is 3.35. The number of carboxylic acid groups (broad SMARTS) is 1. The topological polar surface area (TPSA) is 95.7 Å². The summed E-state index contributed by atoms with van der Waals surface area (Å²) in [5.74, 6) is -1.31. The smallest absolute Gasteiger partial charge is 0.328 e. The van der Waals surface area contributed by atoms with Crippen LogP contribution in [0, 0.1) is 0 Å². The number of hydrazine groups is 1. The van der Waals surface area contributed by atoms with Gasteiger partial charge in [-0.15, -0.1) is 0 Å². The number of hydrogen-bond donors (Lipinski definition) is 3. The molecule has 1 amide bonds. The maximum absolute atomic E-state index is 11.8. The first kappa shape index (κ1) is 18.5. The van der Waals surface area contributed by atoms with Crippen LogP contribution in [0.25, 0.3) is 0 Å². The highest BCUT2D eigenvalue weighted by Crippen LogP contribution is 2.46. The van der Waals surface area contributed by atoms with Crippen LogP contribution >= 0.6 is 23.2 Å². The molecule has 2 aromatic rings. The van der Waals surface area contributed by atoms with Crippen molar-refractivity contribution in [2.24, 2.45) is 5.73 Å². The zero-order valence-electron chi connectivity index (χ0n) is 13.7. The summed E-state index contributed by atoms with van der Waals surface area (Å²) in [5, 5.41) is 11.7. The van der Waals surface area contributed by atoms with E-state index in [1.165, 1.54) is 5.01 Å². The average molecular weight is 394 g/mol. The van der Waals surface area contributed by atoms with Crippen LogP contribution in [0.15, 0.2) is 36.4 Å². The lowest BCUT2D eigenvalue weighted by atomic mass is 9.81. The van der Waals surface area contributed by atoms with Gasteiger partial charge in [0.15, 0.2) is 0 Å². The van der Waals surface area contributed by atoms with Crippen molar-refractivity contribution in [1.82, 2.24) is 5.43 Å². The highest BCUT2D eigenvalue weighted by molar-refractivity contribution is 6.35. The minimum absolute atomic E-state index is 0.243. The lowest BCUT2D eigenvalue weighted by Crippen LogP contribution is -2.52. The number of benzene rings is 2. The van der Waals surface area contributed by atoms with E-state index in [4.69, 9.17) is 28.9 Å². The lowest BCUT2D eigenvalue weighted by Gasteiger charge is -2.40. The number of amides is 1. The Hall–Kier alpha value is -2.28. The van der Waals surface area contributed by atoms with Crippen molar-refractivity contribution in [3.05, 3.63) is 63.1 Å². The van der Waals surface area contributed by atoms with Gasteiger partial charge in [0.1, 0.15) is 6.04 Å². The minimum Gasteiger partial charge on any atom is -0.480 e. The number of rotatable bonds is 5. The van der Waals surface area contributed by atoms with Crippen molar-refractivity contribution in [3.8, 4) is 0 Å². The summed E-state index contributed by atoms with van der Waals surface area (Å²) in [4.78, 5) is 22.8. The lowest BCUT2D eigenvalue weighted by molar-refractivity contribution is -0.139. The number of anilines is 1. The van der Waals surface area contributed by atoms with Crippen LogP contribution in [0.5, 0.6) is 0 Å². The second-order valence-electron chi connectivity index (χ2n) is 6.03. The Kier molecular flexibility index (Phi) is 5.36. The molecule has 4 N–H and O–H groups in total. The fourth-order valence-corrected chi connectivity index (χ4v) is 3.96. The van der Waals surface area contributed by atoms with Gasteiger partial charge in [-0.2, -0.15) is 0 Å². The van der Waals surface area contributed by atoms with E-state index in [-0.39, 0.29) is 12.3 Å². The molecule has 3 rings (SSSR count). The summed E-state index contributed by atoms with van der Waals surface area (Å²) in [6.45, 7) is 0.423. The van der Waals surface area contributed by atoms with Crippen LogP contribution in [0.1, 0.15) is 29.0 Å². The Morgan fingerprint density at radius 3 is 2.58 bits per heavy atom. The molecule has 2 atom stereocenters. The number of carbonyl (C=O) groups excluding carboxylic acids is 1. The molecular weight excluding hydrogens is 377 g/mol. The number of aliphatic carboxylic acids is 1. The van der Waals surface area contributed by atoms with Gasteiger partial charge < -0.3 is 10.8 Å². The highest BCUT2D eigenvalue weighted by atomic mass is 35.5. The molecule has 6 nitrogen and oxygen atoms in total. The van der Waals surface area contributed by atoms with Crippen LogP contribution in [-0.4, -0.2) is 23.5 Å². The van der Waals surface area contributed by atoms with Gasteiger partial charge in [0.25, 0.3) is 0 Å². The second kappa shape index (κ2) is 7.53. The van der Waals surface area contributed by atoms with Gasteiger partial charge in [-0.3, -0.25) is 15.2 Å². The van der Waals surface area contributed by atoms with Gasteiger partial charge in [-0.1, -0.05) is 47.5 Å². The molecule has 0 bridgehead atoms. The first-order valence-corrected chi connectivity index (χ1v) is 8.71. The van der Waals surface area contributed by atoms with Gasteiger partial charge in [0, 0.05) is 28.1 Å². The molecule has 0 radical (unpaired) electrons. The van der Waals surface area contributed by atoms with Gasteiger partial charge in [0.2, 0.25) is 6.41 Å². The van der Waals surface area contributed by atoms with E-state index in [0.29, 0.717) is 28.7 Å². The van der Waals surface area contributed by atoms with Crippen molar-refractivity contribution in [2.45, 2.75) is 24.9 Å². The highest BCUT2D eigenvalue weighted by Gasteiger charge is 2.39. The minimum atomic E-state index is -1.05. The summed E-state index contributed by atoms with van der Waals surface area (Å²) in [5.41, 5.74) is 11.2. The van der Waals surface area contributed by atoms with Crippen LogP contribution in [0.3, 0.4) is 0 Å². The van der Waals surface area contributed by atoms with Crippen LogP contribution in [0.2, 0.25) is 10.0 Å². The zero-order valence-corrected chi connectivity index (χ0v) is 15.2. The Balaban J connectivity index is 2.17. The van der Waals surface area contributed by atoms with Crippen molar-refractivity contribution in [2.75, 3.05) is 5.01 Å². The van der Waals surface area contributed by atoms with Gasteiger partial charge in [-0.25, -0.2) is 4.79 Å². The van der Waals surface area contributed by atoms with Gasteiger partial charge in [0.05, 0.1) is 5.69 Å². The maximum atomic E-state index is 11.8. The van der Waals surface area contributed by atoms with E-state index in [0.717, 1.165) is 16.7 Å². The predicted octanol–water partition coefficient (Wildman–Crippen LogP) is 2.91. The van der Waals surface area contributed by atoms with Crippen LogP contribution in [-0.2, 0) is 16.1 Å². The van der Waals surface area contributed by atoms with E-state index in [1.54, 1.807) is 12.1 Å². The first-order chi connectivity index (χ1) is 12.5. The molecule has 2 aromatic carbocycles. The molecule has 26 heavy (non-hydrogen) atoms. The summed E-state index contributed by atoms with van der Waals surface area (Å²) < 4.78 is 0. The molecular formula is C18H17Cl2N3O3. The number of hydrogen-bond acceptors (Lipinski definition) is 4. The van der Waals surface area contributed by atoms with Crippen molar-refractivity contribution >= 4 is 41.3 Å².